The molecule has 0 unspecified atom stereocenters. The summed E-state index contributed by atoms with van der Waals surface area (Å²) in [4.78, 5) is 21.0. The van der Waals surface area contributed by atoms with Gasteiger partial charge in [0.1, 0.15) is 0 Å². The lowest BCUT2D eigenvalue weighted by Crippen LogP contribution is -2.31. The molecular formula is C10H13N3O3. The van der Waals surface area contributed by atoms with Crippen LogP contribution in [0.2, 0.25) is 0 Å². The van der Waals surface area contributed by atoms with Crippen LogP contribution < -0.4 is 10.6 Å². The molecule has 0 aromatic heterocycles. The Morgan fingerprint density at radius 3 is 2.50 bits per heavy atom. The Kier molecular flexibility index (Phi) is 4.41. The molecule has 1 amide bonds. The van der Waals surface area contributed by atoms with Crippen LogP contribution in [0.1, 0.15) is 5.56 Å². The number of non-ortho nitro benzene ring substituents is 1. The van der Waals surface area contributed by atoms with E-state index in [4.69, 9.17) is 0 Å². The second kappa shape index (κ2) is 5.82. The van der Waals surface area contributed by atoms with Gasteiger partial charge in [-0.15, -0.1) is 0 Å². The quantitative estimate of drug-likeness (QED) is 0.560. The van der Waals surface area contributed by atoms with E-state index in [9.17, 15) is 14.9 Å². The number of benzene rings is 1. The summed E-state index contributed by atoms with van der Waals surface area (Å²) in [6.45, 7) is 0.630. The minimum Gasteiger partial charge on any atom is -0.351 e. The van der Waals surface area contributed by atoms with Crippen LogP contribution in [0.4, 0.5) is 5.69 Å². The lowest BCUT2D eigenvalue weighted by atomic mass is 10.2. The van der Waals surface area contributed by atoms with E-state index in [0.717, 1.165) is 5.56 Å². The van der Waals surface area contributed by atoms with Gasteiger partial charge in [-0.3, -0.25) is 14.9 Å². The van der Waals surface area contributed by atoms with Crippen LogP contribution in [0, 0.1) is 10.1 Å². The van der Waals surface area contributed by atoms with Crippen molar-refractivity contribution in [1.29, 1.82) is 0 Å². The standard InChI is InChI=1S/C10H13N3O3/c1-11-7-10(14)12-6-8-2-4-9(5-3-8)13(15)16/h2-5,11H,6-7H2,1H3,(H,12,14). The molecule has 0 atom stereocenters. The molecule has 1 aromatic rings. The third kappa shape index (κ3) is 3.66. The molecule has 6 heteroatoms. The van der Waals surface area contributed by atoms with Crippen molar-refractivity contribution in [2.75, 3.05) is 13.6 Å². The monoisotopic (exact) mass is 223 g/mol. The Balaban J connectivity index is 2.49. The molecule has 1 rings (SSSR count). The molecule has 0 fully saturated rings. The molecule has 0 aliphatic carbocycles. The summed E-state index contributed by atoms with van der Waals surface area (Å²) in [5.74, 6) is -0.110. The van der Waals surface area contributed by atoms with Gasteiger partial charge in [0, 0.05) is 18.7 Å². The van der Waals surface area contributed by atoms with Crippen LogP contribution in [0.3, 0.4) is 0 Å². The zero-order valence-corrected chi connectivity index (χ0v) is 8.90. The molecule has 0 saturated heterocycles. The molecule has 0 radical (unpaired) electrons. The smallest absolute Gasteiger partial charge is 0.269 e. The second-order valence-corrected chi connectivity index (χ2v) is 3.23. The van der Waals surface area contributed by atoms with Gasteiger partial charge in [-0.2, -0.15) is 0 Å². The van der Waals surface area contributed by atoms with Gasteiger partial charge in [-0.05, 0) is 12.6 Å². The first-order valence-electron chi connectivity index (χ1n) is 4.78. The number of rotatable bonds is 5. The summed E-state index contributed by atoms with van der Waals surface area (Å²) in [5.41, 5.74) is 0.875. The molecule has 86 valence electrons. The first-order chi connectivity index (χ1) is 7.63. The van der Waals surface area contributed by atoms with Crippen LogP contribution in [0.5, 0.6) is 0 Å². The van der Waals surface area contributed by atoms with Gasteiger partial charge in [-0.1, -0.05) is 12.1 Å². The van der Waals surface area contributed by atoms with Gasteiger partial charge < -0.3 is 10.6 Å². The van der Waals surface area contributed by atoms with Gasteiger partial charge in [0.15, 0.2) is 0 Å². The van der Waals surface area contributed by atoms with Crippen LogP contribution in [-0.4, -0.2) is 24.4 Å². The number of nitro groups is 1. The van der Waals surface area contributed by atoms with E-state index in [1.54, 1.807) is 19.2 Å². The van der Waals surface area contributed by atoms with E-state index in [1.807, 2.05) is 0 Å². The predicted molar refractivity (Wildman–Crippen MR) is 58.9 cm³/mol. The third-order valence-electron chi connectivity index (χ3n) is 1.97. The van der Waals surface area contributed by atoms with Crippen molar-refractivity contribution in [1.82, 2.24) is 10.6 Å². The van der Waals surface area contributed by atoms with E-state index >= 15 is 0 Å². The average Bonchev–Trinajstić information content (AvgIpc) is 2.27. The Morgan fingerprint density at radius 2 is 2.00 bits per heavy atom. The molecular weight excluding hydrogens is 210 g/mol. The number of hydrogen-bond acceptors (Lipinski definition) is 4. The van der Waals surface area contributed by atoms with E-state index in [2.05, 4.69) is 10.6 Å². The van der Waals surface area contributed by atoms with Crippen LogP contribution in [0.25, 0.3) is 0 Å². The number of nitrogens with zero attached hydrogens (tertiary/aromatic N) is 1. The molecule has 0 spiro atoms. The molecule has 0 heterocycles. The summed E-state index contributed by atoms with van der Waals surface area (Å²) >= 11 is 0. The van der Waals surface area contributed by atoms with E-state index < -0.39 is 4.92 Å². The van der Waals surface area contributed by atoms with E-state index in [-0.39, 0.29) is 18.1 Å². The topological polar surface area (TPSA) is 84.3 Å². The lowest BCUT2D eigenvalue weighted by Gasteiger charge is -2.04. The summed E-state index contributed by atoms with van der Waals surface area (Å²) in [6.07, 6.45) is 0. The zero-order chi connectivity index (χ0) is 12.0. The molecule has 0 aliphatic rings. The number of hydrogen-bond donors (Lipinski definition) is 2. The fourth-order valence-corrected chi connectivity index (χ4v) is 1.16. The van der Waals surface area contributed by atoms with Crippen molar-refractivity contribution >= 4 is 11.6 Å². The average molecular weight is 223 g/mol. The maximum Gasteiger partial charge on any atom is 0.269 e. The highest BCUT2D eigenvalue weighted by Crippen LogP contribution is 2.11. The Hall–Kier alpha value is -1.95. The summed E-state index contributed by atoms with van der Waals surface area (Å²) in [6, 6.07) is 6.08. The number of nitrogens with one attached hydrogen (secondary N) is 2. The first kappa shape index (κ1) is 12.1. The van der Waals surface area contributed by atoms with Crippen LogP contribution >= 0.6 is 0 Å². The SMILES string of the molecule is CNCC(=O)NCc1ccc([N+](=O)[O-])cc1. The van der Waals surface area contributed by atoms with Crippen molar-refractivity contribution in [3.8, 4) is 0 Å². The minimum absolute atomic E-state index is 0.0466. The van der Waals surface area contributed by atoms with Crippen molar-refractivity contribution in [2.45, 2.75) is 6.54 Å². The zero-order valence-electron chi connectivity index (χ0n) is 8.90. The lowest BCUT2D eigenvalue weighted by molar-refractivity contribution is -0.384. The maximum atomic E-state index is 11.1. The van der Waals surface area contributed by atoms with Crippen LogP contribution in [-0.2, 0) is 11.3 Å². The predicted octanol–water partition coefficient (Wildman–Crippen LogP) is 0.430. The Morgan fingerprint density at radius 1 is 1.38 bits per heavy atom. The highest BCUT2D eigenvalue weighted by Gasteiger charge is 2.04. The maximum absolute atomic E-state index is 11.1. The van der Waals surface area contributed by atoms with Gasteiger partial charge in [0.05, 0.1) is 11.5 Å². The fourth-order valence-electron chi connectivity index (χ4n) is 1.16. The Bertz CT molecular complexity index is 375. The highest BCUT2D eigenvalue weighted by atomic mass is 16.6. The van der Waals surface area contributed by atoms with Crippen molar-refractivity contribution in [2.24, 2.45) is 0 Å². The molecule has 1 aromatic carbocycles. The summed E-state index contributed by atoms with van der Waals surface area (Å²) in [7, 11) is 1.69. The molecule has 2 N–H and O–H groups in total. The summed E-state index contributed by atoms with van der Waals surface area (Å²) < 4.78 is 0. The van der Waals surface area contributed by atoms with Gasteiger partial charge >= 0.3 is 0 Å². The largest absolute Gasteiger partial charge is 0.351 e. The van der Waals surface area contributed by atoms with E-state index in [0.29, 0.717) is 6.54 Å². The number of carbonyl (C=O) groups excluding carboxylic acids is 1. The van der Waals surface area contributed by atoms with E-state index in [1.165, 1.54) is 12.1 Å². The van der Waals surface area contributed by atoms with Crippen molar-refractivity contribution < 1.29 is 9.72 Å². The summed E-state index contributed by atoms with van der Waals surface area (Å²) in [5, 5.41) is 15.8. The normalized spacial score (nSPS) is 9.81. The molecule has 16 heavy (non-hydrogen) atoms. The third-order valence-corrected chi connectivity index (χ3v) is 1.97. The molecule has 0 aliphatic heterocycles. The van der Waals surface area contributed by atoms with Gasteiger partial charge in [0.2, 0.25) is 5.91 Å². The number of nitro benzene ring substituents is 1. The number of carbonyl (C=O) groups is 1. The van der Waals surface area contributed by atoms with Crippen LogP contribution in [0.15, 0.2) is 24.3 Å². The first-order valence-corrected chi connectivity index (χ1v) is 4.78. The van der Waals surface area contributed by atoms with Crippen molar-refractivity contribution in [3.63, 3.8) is 0 Å². The second-order valence-electron chi connectivity index (χ2n) is 3.23. The molecule has 0 saturated carbocycles. The van der Waals surface area contributed by atoms with Gasteiger partial charge in [0.25, 0.3) is 5.69 Å². The molecule has 0 bridgehead atoms. The number of amides is 1. The van der Waals surface area contributed by atoms with Crippen molar-refractivity contribution in [3.05, 3.63) is 39.9 Å². The molecule has 6 nitrogen and oxygen atoms in total. The highest BCUT2D eigenvalue weighted by molar-refractivity contribution is 5.77. The van der Waals surface area contributed by atoms with Gasteiger partial charge in [-0.25, -0.2) is 0 Å². The Labute approximate surface area is 92.8 Å². The minimum atomic E-state index is -0.455. The fraction of sp³-hybridized carbons (Fsp3) is 0.300. The number of likely N-dealkylation sites (N-methyl/N-ethyl adjacent to an activating group) is 1.